The summed E-state index contributed by atoms with van der Waals surface area (Å²) in [5.74, 6) is 2.81. The second-order valence-electron chi connectivity index (χ2n) is 9.56. The first-order valence-electron chi connectivity index (χ1n) is 9.82. The molecule has 0 aromatic rings. The van der Waals surface area contributed by atoms with Crippen molar-refractivity contribution in [3.8, 4) is 0 Å². The molecule has 0 spiro atoms. The van der Waals surface area contributed by atoms with Crippen LogP contribution in [0.1, 0.15) is 65.2 Å². The quantitative estimate of drug-likeness (QED) is 0.468. The summed E-state index contributed by atoms with van der Waals surface area (Å²) < 4.78 is 0. The lowest BCUT2D eigenvalue weighted by molar-refractivity contribution is -0.471. The number of allylic oxidation sites excluding steroid dienone is 1. The van der Waals surface area contributed by atoms with Crippen LogP contribution in [-0.2, 0) is 0 Å². The Kier molecular flexibility index (Phi) is 3.83. The molecule has 0 aliphatic heterocycles. The lowest BCUT2D eigenvalue weighted by atomic mass is 9.45. The number of rotatable bonds is 2. The predicted molar refractivity (Wildman–Crippen MR) is 93.1 cm³/mol. The molecule has 0 aromatic carbocycles. The maximum absolute atomic E-state index is 10.9. The van der Waals surface area contributed by atoms with Gasteiger partial charge >= 0.3 is 0 Å². The minimum absolute atomic E-state index is 0.0353. The second-order valence-corrected chi connectivity index (χ2v) is 9.56. The van der Waals surface area contributed by atoms with Crippen molar-refractivity contribution in [3.63, 3.8) is 0 Å². The van der Waals surface area contributed by atoms with Gasteiger partial charge in [0, 0.05) is 4.92 Å². The first kappa shape index (κ1) is 16.6. The lowest BCUT2D eigenvalue weighted by Crippen LogP contribution is -2.53. The molecule has 24 heavy (non-hydrogen) atoms. The van der Waals surface area contributed by atoms with Crippen LogP contribution >= 0.6 is 0 Å². The topological polar surface area (TPSA) is 63.4 Å². The highest BCUT2D eigenvalue weighted by atomic mass is 16.6. The maximum Gasteiger partial charge on any atom is 0.224 e. The standard InChI is InChI=1S/C20H31NO3/c1-19-9-7-13(12-21(23)24)11-14(19)3-4-15-16-5-6-18(22)20(16,2)10-8-17(15)19/h7,14-18,22H,3-6,8-12H2,1-2H3/t14-,15+,16+,17+,18-,19-,20-/m0/s1. The monoisotopic (exact) mass is 333 g/mol. The number of aliphatic hydroxyl groups excluding tert-OH is 1. The van der Waals surface area contributed by atoms with Crippen LogP contribution in [-0.4, -0.2) is 22.7 Å². The molecular formula is C20H31NO3. The van der Waals surface area contributed by atoms with Crippen molar-refractivity contribution in [3.05, 3.63) is 21.8 Å². The summed E-state index contributed by atoms with van der Waals surface area (Å²) in [7, 11) is 0. The molecule has 134 valence electrons. The summed E-state index contributed by atoms with van der Waals surface area (Å²) in [6.07, 6.45) is 11.1. The van der Waals surface area contributed by atoms with Crippen LogP contribution in [0, 0.1) is 44.6 Å². The van der Waals surface area contributed by atoms with E-state index in [-0.39, 0.29) is 23.0 Å². The molecule has 4 heteroatoms. The van der Waals surface area contributed by atoms with Gasteiger partial charge < -0.3 is 5.11 Å². The third kappa shape index (κ3) is 2.28. The SMILES string of the molecule is C[C@]12CC=C(C[N+](=O)[O-])C[C@@H]1CC[C@H]1[C@H]2CC[C@@]2(C)[C@@H]1CC[C@@H]2O. The average molecular weight is 333 g/mol. The molecule has 0 heterocycles. The van der Waals surface area contributed by atoms with E-state index in [1.165, 1.54) is 25.7 Å². The molecule has 1 N–H and O–H groups in total. The van der Waals surface area contributed by atoms with Gasteiger partial charge in [0.1, 0.15) is 0 Å². The summed E-state index contributed by atoms with van der Waals surface area (Å²) in [5.41, 5.74) is 1.52. The maximum atomic E-state index is 10.9. The largest absolute Gasteiger partial charge is 0.393 e. The molecule has 4 nitrogen and oxygen atoms in total. The Hall–Kier alpha value is -0.900. The van der Waals surface area contributed by atoms with Crippen LogP contribution in [0.25, 0.3) is 0 Å². The van der Waals surface area contributed by atoms with Crippen molar-refractivity contribution in [2.45, 2.75) is 71.3 Å². The van der Waals surface area contributed by atoms with Gasteiger partial charge in [-0.25, -0.2) is 0 Å². The Morgan fingerprint density at radius 2 is 1.92 bits per heavy atom. The fourth-order valence-electron chi connectivity index (χ4n) is 7.22. The van der Waals surface area contributed by atoms with Gasteiger partial charge in [0.05, 0.1) is 6.10 Å². The van der Waals surface area contributed by atoms with Crippen LogP contribution in [0.15, 0.2) is 11.6 Å². The smallest absolute Gasteiger partial charge is 0.224 e. The van der Waals surface area contributed by atoms with Gasteiger partial charge in [0.15, 0.2) is 0 Å². The molecule has 3 fully saturated rings. The summed E-state index contributed by atoms with van der Waals surface area (Å²) in [4.78, 5) is 10.7. The van der Waals surface area contributed by atoms with E-state index < -0.39 is 0 Å². The molecule has 0 aromatic heterocycles. The fraction of sp³-hybridized carbons (Fsp3) is 0.900. The van der Waals surface area contributed by atoms with Gasteiger partial charge in [-0.05, 0) is 91.4 Å². The number of hydrogen-bond donors (Lipinski definition) is 1. The molecule has 4 rings (SSSR count). The number of fused-ring (bicyclic) bond motifs is 5. The molecule has 3 saturated carbocycles. The van der Waals surface area contributed by atoms with E-state index in [1.54, 1.807) is 0 Å². The van der Waals surface area contributed by atoms with Crippen molar-refractivity contribution < 1.29 is 10.0 Å². The first-order chi connectivity index (χ1) is 11.3. The zero-order valence-electron chi connectivity index (χ0n) is 15.0. The van der Waals surface area contributed by atoms with Crippen molar-refractivity contribution in [2.75, 3.05) is 6.54 Å². The fourth-order valence-corrected chi connectivity index (χ4v) is 7.22. The zero-order chi connectivity index (χ0) is 17.1. The van der Waals surface area contributed by atoms with Gasteiger partial charge in [0.25, 0.3) is 0 Å². The minimum Gasteiger partial charge on any atom is -0.393 e. The van der Waals surface area contributed by atoms with Crippen LogP contribution in [0.3, 0.4) is 0 Å². The molecule has 0 bridgehead atoms. The van der Waals surface area contributed by atoms with E-state index in [0.717, 1.165) is 43.1 Å². The van der Waals surface area contributed by atoms with Crippen LogP contribution in [0.5, 0.6) is 0 Å². The van der Waals surface area contributed by atoms with Crippen LogP contribution < -0.4 is 0 Å². The first-order valence-corrected chi connectivity index (χ1v) is 9.82. The van der Waals surface area contributed by atoms with Crippen molar-refractivity contribution in [2.24, 2.45) is 34.5 Å². The summed E-state index contributed by atoms with van der Waals surface area (Å²) in [5, 5.41) is 21.4. The van der Waals surface area contributed by atoms with Crippen LogP contribution in [0.4, 0.5) is 0 Å². The summed E-state index contributed by atoms with van der Waals surface area (Å²) in [6, 6.07) is 0. The highest BCUT2D eigenvalue weighted by Crippen LogP contribution is 2.65. The molecule has 4 aliphatic rings. The lowest BCUT2D eigenvalue weighted by Gasteiger charge is -2.59. The van der Waals surface area contributed by atoms with E-state index in [1.807, 2.05) is 0 Å². The number of hydrogen-bond acceptors (Lipinski definition) is 3. The third-order valence-corrected chi connectivity index (χ3v) is 8.69. The van der Waals surface area contributed by atoms with E-state index in [0.29, 0.717) is 17.3 Å². The Morgan fingerprint density at radius 1 is 1.17 bits per heavy atom. The minimum atomic E-state index is -0.175. The average Bonchev–Trinajstić information content (AvgIpc) is 2.83. The zero-order valence-corrected chi connectivity index (χ0v) is 15.0. The molecule has 4 aliphatic carbocycles. The molecule has 7 atom stereocenters. The van der Waals surface area contributed by atoms with Gasteiger partial charge in [0.2, 0.25) is 6.54 Å². The molecule has 0 unspecified atom stereocenters. The van der Waals surface area contributed by atoms with Gasteiger partial charge in [-0.15, -0.1) is 0 Å². The van der Waals surface area contributed by atoms with E-state index in [2.05, 4.69) is 19.9 Å². The summed E-state index contributed by atoms with van der Waals surface area (Å²) >= 11 is 0. The molecule has 0 saturated heterocycles. The third-order valence-electron chi connectivity index (χ3n) is 8.69. The van der Waals surface area contributed by atoms with Gasteiger partial charge in [-0.1, -0.05) is 19.9 Å². The highest BCUT2D eigenvalue weighted by molar-refractivity contribution is 5.17. The Bertz CT molecular complexity index is 573. The van der Waals surface area contributed by atoms with Crippen LogP contribution in [0.2, 0.25) is 0 Å². The Morgan fingerprint density at radius 3 is 2.67 bits per heavy atom. The Labute approximate surface area is 144 Å². The highest BCUT2D eigenvalue weighted by Gasteiger charge is 2.59. The number of nitrogens with zero attached hydrogens (tertiary/aromatic N) is 1. The molecular weight excluding hydrogens is 302 g/mol. The summed E-state index contributed by atoms with van der Waals surface area (Å²) in [6.45, 7) is 4.82. The predicted octanol–water partition coefficient (Wildman–Crippen LogP) is 4.20. The molecule has 0 radical (unpaired) electrons. The van der Waals surface area contributed by atoms with Gasteiger partial charge in [-0.3, -0.25) is 10.1 Å². The van der Waals surface area contributed by atoms with Crippen molar-refractivity contribution >= 4 is 0 Å². The number of aliphatic hydroxyl groups is 1. The van der Waals surface area contributed by atoms with Crippen molar-refractivity contribution in [1.82, 2.24) is 0 Å². The Balaban J connectivity index is 1.58. The van der Waals surface area contributed by atoms with Crippen molar-refractivity contribution in [1.29, 1.82) is 0 Å². The van der Waals surface area contributed by atoms with E-state index >= 15 is 0 Å². The van der Waals surface area contributed by atoms with E-state index in [4.69, 9.17) is 0 Å². The second kappa shape index (κ2) is 5.55. The molecule has 0 amide bonds. The number of nitro groups is 1. The normalized spacial score (nSPS) is 50.5. The van der Waals surface area contributed by atoms with E-state index in [9.17, 15) is 15.2 Å². The van der Waals surface area contributed by atoms with Gasteiger partial charge in [-0.2, -0.15) is 0 Å².